The molecule has 1 unspecified atom stereocenters. The van der Waals surface area contributed by atoms with E-state index in [1.165, 1.54) is 0 Å². The molecular weight excluding hydrogens is 200 g/mol. The third-order valence-electron chi connectivity index (χ3n) is 1.89. The summed E-state index contributed by atoms with van der Waals surface area (Å²) in [5.74, 6) is -0.216. The topological polar surface area (TPSA) is 46.5 Å². The summed E-state index contributed by atoms with van der Waals surface area (Å²) in [5.41, 5.74) is 0.859. The molecule has 0 spiro atoms. The number of aliphatic carboxylic acids is 1. The molecule has 0 saturated carbocycles. The number of benzene rings is 1. The van der Waals surface area contributed by atoms with Gasteiger partial charge in [0.25, 0.3) is 0 Å². The third kappa shape index (κ3) is 2.67. The van der Waals surface area contributed by atoms with Crippen LogP contribution in [0.2, 0.25) is 0 Å². The molecule has 1 N–H and O–H groups in total. The van der Waals surface area contributed by atoms with E-state index in [-0.39, 0.29) is 0 Å². The van der Waals surface area contributed by atoms with E-state index in [1.54, 1.807) is 13.2 Å². The van der Waals surface area contributed by atoms with Crippen molar-refractivity contribution in [3.63, 3.8) is 0 Å². The molecule has 0 heterocycles. The second kappa shape index (κ2) is 4.91. The van der Waals surface area contributed by atoms with Crippen molar-refractivity contribution in [3.05, 3.63) is 29.8 Å². The molecule has 0 amide bonds. The van der Waals surface area contributed by atoms with E-state index in [0.717, 1.165) is 5.56 Å². The first kappa shape index (κ1) is 10.9. The maximum absolute atomic E-state index is 10.6. The van der Waals surface area contributed by atoms with Crippen LogP contribution in [0, 0.1) is 0 Å². The van der Waals surface area contributed by atoms with Crippen LogP contribution in [0.5, 0.6) is 5.75 Å². The van der Waals surface area contributed by atoms with Gasteiger partial charge in [-0.2, -0.15) is 12.6 Å². The zero-order valence-electron chi connectivity index (χ0n) is 7.80. The molecule has 0 fully saturated rings. The van der Waals surface area contributed by atoms with Crippen molar-refractivity contribution >= 4 is 18.6 Å². The SMILES string of the molecule is COc1ccccc1CC(S)C(=O)O. The highest BCUT2D eigenvalue weighted by Gasteiger charge is 2.14. The first-order valence-electron chi connectivity index (χ1n) is 4.18. The smallest absolute Gasteiger partial charge is 0.316 e. The Bertz CT molecular complexity index is 325. The Kier molecular flexibility index (Phi) is 3.83. The highest BCUT2D eigenvalue weighted by Crippen LogP contribution is 2.20. The van der Waals surface area contributed by atoms with E-state index in [4.69, 9.17) is 9.84 Å². The number of ether oxygens (including phenoxy) is 1. The number of carboxylic acid groups (broad SMARTS) is 1. The summed E-state index contributed by atoms with van der Waals surface area (Å²) in [6.07, 6.45) is 0.364. The Labute approximate surface area is 88.1 Å². The predicted octanol–water partition coefficient (Wildman–Crippen LogP) is 1.62. The molecule has 0 saturated heterocycles. The van der Waals surface area contributed by atoms with Gasteiger partial charge < -0.3 is 9.84 Å². The number of methoxy groups -OCH3 is 1. The van der Waals surface area contributed by atoms with Crippen LogP contribution in [0.1, 0.15) is 5.56 Å². The Morgan fingerprint density at radius 1 is 1.57 bits per heavy atom. The lowest BCUT2D eigenvalue weighted by molar-refractivity contribution is -0.136. The molecule has 1 atom stereocenters. The van der Waals surface area contributed by atoms with E-state index < -0.39 is 11.2 Å². The molecular formula is C10H12O3S. The molecule has 0 aliphatic carbocycles. The second-order valence-electron chi connectivity index (χ2n) is 2.87. The summed E-state index contributed by atoms with van der Waals surface area (Å²) in [6, 6.07) is 7.33. The van der Waals surface area contributed by atoms with Crippen LogP contribution in [0.15, 0.2) is 24.3 Å². The van der Waals surface area contributed by atoms with E-state index in [9.17, 15) is 4.79 Å². The zero-order chi connectivity index (χ0) is 10.6. The Balaban J connectivity index is 2.80. The number of thiol groups is 1. The average molecular weight is 212 g/mol. The van der Waals surface area contributed by atoms with Crippen molar-refractivity contribution in [3.8, 4) is 5.75 Å². The molecule has 4 heteroatoms. The molecule has 3 nitrogen and oxygen atoms in total. The molecule has 1 aromatic carbocycles. The van der Waals surface area contributed by atoms with E-state index in [1.807, 2.05) is 18.2 Å². The molecule has 0 aromatic heterocycles. The first-order valence-corrected chi connectivity index (χ1v) is 4.69. The third-order valence-corrected chi connectivity index (χ3v) is 2.29. The van der Waals surface area contributed by atoms with Gasteiger partial charge in [0.15, 0.2) is 0 Å². The number of rotatable bonds is 4. The van der Waals surface area contributed by atoms with E-state index in [0.29, 0.717) is 12.2 Å². The summed E-state index contributed by atoms with van der Waals surface area (Å²) in [6.45, 7) is 0. The summed E-state index contributed by atoms with van der Waals surface area (Å²) in [7, 11) is 1.56. The Morgan fingerprint density at radius 2 is 2.21 bits per heavy atom. The van der Waals surface area contributed by atoms with Gasteiger partial charge in [0.1, 0.15) is 11.0 Å². The summed E-state index contributed by atoms with van der Waals surface area (Å²) in [4.78, 5) is 10.6. The zero-order valence-corrected chi connectivity index (χ0v) is 8.70. The van der Waals surface area contributed by atoms with Crippen molar-refractivity contribution in [2.75, 3.05) is 7.11 Å². The highest BCUT2D eigenvalue weighted by atomic mass is 32.1. The van der Waals surface area contributed by atoms with Crippen LogP contribution in [-0.2, 0) is 11.2 Å². The van der Waals surface area contributed by atoms with Crippen molar-refractivity contribution in [2.45, 2.75) is 11.7 Å². The Hall–Kier alpha value is -1.16. The standard InChI is InChI=1S/C10H12O3S/c1-13-8-5-3-2-4-7(8)6-9(14)10(11)12/h2-5,9,14H,6H2,1H3,(H,11,12). The normalized spacial score (nSPS) is 12.1. The predicted molar refractivity (Wildman–Crippen MR) is 57.1 cm³/mol. The number of hydrogen-bond donors (Lipinski definition) is 2. The van der Waals surface area contributed by atoms with E-state index in [2.05, 4.69) is 12.6 Å². The summed E-state index contributed by atoms with van der Waals surface area (Å²) >= 11 is 3.97. The fraction of sp³-hybridized carbons (Fsp3) is 0.300. The molecule has 1 rings (SSSR count). The van der Waals surface area contributed by atoms with Crippen molar-refractivity contribution in [2.24, 2.45) is 0 Å². The van der Waals surface area contributed by atoms with Crippen LogP contribution in [-0.4, -0.2) is 23.4 Å². The van der Waals surface area contributed by atoms with Gasteiger partial charge in [0.05, 0.1) is 7.11 Å². The van der Waals surface area contributed by atoms with Crippen LogP contribution in [0.25, 0.3) is 0 Å². The van der Waals surface area contributed by atoms with Gasteiger partial charge in [-0.15, -0.1) is 0 Å². The average Bonchev–Trinajstić information content (AvgIpc) is 2.18. The highest BCUT2D eigenvalue weighted by molar-refractivity contribution is 7.81. The fourth-order valence-electron chi connectivity index (χ4n) is 1.17. The van der Waals surface area contributed by atoms with Crippen LogP contribution < -0.4 is 4.74 Å². The largest absolute Gasteiger partial charge is 0.496 e. The van der Waals surface area contributed by atoms with Gasteiger partial charge in [0.2, 0.25) is 0 Å². The van der Waals surface area contributed by atoms with Gasteiger partial charge >= 0.3 is 5.97 Å². The van der Waals surface area contributed by atoms with Gasteiger partial charge in [-0.25, -0.2) is 0 Å². The minimum absolute atomic E-state index is 0.364. The number of para-hydroxylation sites is 1. The van der Waals surface area contributed by atoms with Gasteiger partial charge in [-0.05, 0) is 18.1 Å². The van der Waals surface area contributed by atoms with Crippen molar-refractivity contribution in [1.29, 1.82) is 0 Å². The van der Waals surface area contributed by atoms with Crippen molar-refractivity contribution < 1.29 is 14.6 Å². The minimum atomic E-state index is -0.917. The second-order valence-corrected chi connectivity index (χ2v) is 3.49. The number of carboxylic acids is 1. The quantitative estimate of drug-likeness (QED) is 0.745. The Morgan fingerprint density at radius 3 is 2.79 bits per heavy atom. The molecule has 0 bridgehead atoms. The van der Waals surface area contributed by atoms with Gasteiger partial charge in [0, 0.05) is 0 Å². The van der Waals surface area contributed by atoms with Crippen LogP contribution >= 0.6 is 12.6 Å². The van der Waals surface area contributed by atoms with Crippen molar-refractivity contribution in [1.82, 2.24) is 0 Å². The van der Waals surface area contributed by atoms with Gasteiger partial charge in [-0.1, -0.05) is 18.2 Å². The number of hydrogen-bond acceptors (Lipinski definition) is 3. The lowest BCUT2D eigenvalue weighted by atomic mass is 10.1. The lowest BCUT2D eigenvalue weighted by Gasteiger charge is -2.09. The molecule has 0 aliphatic rings. The van der Waals surface area contributed by atoms with Crippen LogP contribution in [0.3, 0.4) is 0 Å². The minimum Gasteiger partial charge on any atom is -0.496 e. The summed E-state index contributed by atoms with van der Waals surface area (Å²) in [5, 5.41) is 8.00. The molecule has 0 aliphatic heterocycles. The maximum Gasteiger partial charge on any atom is 0.316 e. The molecule has 76 valence electrons. The fourth-order valence-corrected chi connectivity index (χ4v) is 1.36. The number of carbonyl (C=O) groups is 1. The van der Waals surface area contributed by atoms with E-state index >= 15 is 0 Å². The maximum atomic E-state index is 10.6. The summed E-state index contributed by atoms with van der Waals surface area (Å²) < 4.78 is 5.10. The molecule has 14 heavy (non-hydrogen) atoms. The molecule has 0 radical (unpaired) electrons. The monoisotopic (exact) mass is 212 g/mol. The molecule has 1 aromatic rings. The van der Waals surface area contributed by atoms with Gasteiger partial charge in [-0.3, -0.25) is 4.79 Å². The lowest BCUT2D eigenvalue weighted by Crippen LogP contribution is -2.16. The van der Waals surface area contributed by atoms with Crippen LogP contribution in [0.4, 0.5) is 0 Å². The first-order chi connectivity index (χ1) is 6.65.